The minimum atomic E-state index is -0.618. The second-order valence-electron chi connectivity index (χ2n) is 8.85. The van der Waals surface area contributed by atoms with E-state index in [0.29, 0.717) is 11.3 Å². The van der Waals surface area contributed by atoms with Crippen LogP contribution in [0, 0.1) is 17.7 Å². The first-order valence-electron chi connectivity index (χ1n) is 11.1. The van der Waals surface area contributed by atoms with Gasteiger partial charge in [-0.2, -0.15) is 5.10 Å². The van der Waals surface area contributed by atoms with Gasteiger partial charge in [0.2, 0.25) is 0 Å². The smallest absolute Gasteiger partial charge is 0.275 e. The van der Waals surface area contributed by atoms with Gasteiger partial charge in [-0.05, 0) is 30.7 Å². The first-order valence-corrected chi connectivity index (χ1v) is 11.1. The standard InChI is InChI=1S/C23H27FN6O2/c1-29-13-16-9-17(22(32-2)20(24)21(16)28-29)27-23(31)18-10-26-19(11-25-18)30-8-7-15(12-30)6-5-14-3-4-14/h9-11,13-15H,3-8,12H2,1-2H3,(H,27,31)/t15-/m0/s1. The number of rotatable bonds is 7. The van der Waals surface area contributed by atoms with E-state index >= 15 is 0 Å². The minimum absolute atomic E-state index is 0.0663. The van der Waals surface area contributed by atoms with Crippen molar-refractivity contribution in [3.63, 3.8) is 0 Å². The maximum Gasteiger partial charge on any atom is 0.275 e. The number of aromatic nitrogens is 4. The Labute approximate surface area is 185 Å². The van der Waals surface area contributed by atoms with Crippen LogP contribution >= 0.6 is 0 Å². The number of amides is 1. The number of aryl methyl sites for hydroxylation is 1. The van der Waals surface area contributed by atoms with Crippen molar-refractivity contribution in [1.29, 1.82) is 0 Å². The average molecular weight is 439 g/mol. The monoisotopic (exact) mass is 438 g/mol. The molecule has 9 heteroatoms. The van der Waals surface area contributed by atoms with Crippen molar-refractivity contribution in [1.82, 2.24) is 19.7 Å². The van der Waals surface area contributed by atoms with Crippen LogP contribution < -0.4 is 15.0 Å². The third kappa shape index (κ3) is 4.11. The molecule has 3 aromatic rings. The maximum atomic E-state index is 14.8. The molecule has 1 saturated heterocycles. The minimum Gasteiger partial charge on any atom is -0.491 e. The first kappa shape index (κ1) is 20.7. The molecule has 1 N–H and O–H groups in total. The van der Waals surface area contributed by atoms with Crippen molar-refractivity contribution in [3.8, 4) is 5.75 Å². The predicted octanol–water partition coefficient (Wildman–Crippen LogP) is 3.78. The number of fused-ring (bicyclic) bond motifs is 1. The Kier molecular flexibility index (Phi) is 5.40. The fourth-order valence-electron chi connectivity index (χ4n) is 4.46. The van der Waals surface area contributed by atoms with E-state index in [-0.39, 0.29) is 22.6 Å². The van der Waals surface area contributed by atoms with Gasteiger partial charge in [-0.3, -0.25) is 9.48 Å². The molecule has 5 rings (SSSR count). The number of halogens is 1. The normalized spacial score (nSPS) is 18.3. The molecule has 0 bridgehead atoms. The molecule has 1 amide bonds. The Bertz CT molecular complexity index is 1140. The van der Waals surface area contributed by atoms with E-state index in [1.807, 2.05) is 0 Å². The second-order valence-corrected chi connectivity index (χ2v) is 8.85. The predicted molar refractivity (Wildman–Crippen MR) is 119 cm³/mol. The topological polar surface area (TPSA) is 85.2 Å². The van der Waals surface area contributed by atoms with Gasteiger partial charge in [0.25, 0.3) is 5.91 Å². The first-order chi connectivity index (χ1) is 15.5. The van der Waals surface area contributed by atoms with Crippen molar-refractivity contribution >= 4 is 28.3 Å². The van der Waals surface area contributed by atoms with Crippen LogP contribution in [0.25, 0.3) is 10.9 Å². The summed E-state index contributed by atoms with van der Waals surface area (Å²) in [7, 11) is 3.06. The fourth-order valence-corrected chi connectivity index (χ4v) is 4.46. The van der Waals surface area contributed by atoms with Crippen LogP contribution in [0.3, 0.4) is 0 Å². The molecule has 2 aromatic heterocycles. The van der Waals surface area contributed by atoms with Crippen LogP contribution in [0.15, 0.2) is 24.7 Å². The number of nitrogens with one attached hydrogen (secondary N) is 1. The highest BCUT2D eigenvalue weighted by Crippen LogP contribution is 2.37. The summed E-state index contributed by atoms with van der Waals surface area (Å²) in [5.41, 5.74) is 0.568. The van der Waals surface area contributed by atoms with E-state index in [0.717, 1.165) is 24.8 Å². The van der Waals surface area contributed by atoms with E-state index < -0.39 is 11.7 Å². The second kappa shape index (κ2) is 8.37. The lowest BCUT2D eigenvalue weighted by molar-refractivity contribution is 0.102. The molecule has 1 aliphatic heterocycles. The molecule has 2 aliphatic rings. The number of nitrogens with zero attached hydrogens (tertiary/aromatic N) is 5. The van der Waals surface area contributed by atoms with Crippen LogP contribution in [0.5, 0.6) is 5.75 Å². The van der Waals surface area contributed by atoms with E-state index in [1.165, 1.54) is 50.1 Å². The lowest BCUT2D eigenvalue weighted by Crippen LogP contribution is -2.22. The number of methoxy groups -OCH3 is 1. The van der Waals surface area contributed by atoms with Gasteiger partial charge in [0.15, 0.2) is 11.6 Å². The van der Waals surface area contributed by atoms with E-state index in [1.54, 1.807) is 25.5 Å². The van der Waals surface area contributed by atoms with Crippen molar-refractivity contribution in [2.45, 2.75) is 32.1 Å². The molecule has 1 aliphatic carbocycles. The van der Waals surface area contributed by atoms with Crippen molar-refractivity contribution in [2.24, 2.45) is 18.9 Å². The van der Waals surface area contributed by atoms with Gasteiger partial charge in [0, 0.05) is 31.7 Å². The molecular weight excluding hydrogens is 411 g/mol. The highest BCUT2D eigenvalue weighted by atomic mass is 19.1. The Morgan fingerprint density at radius 3 is 2.75 bits per heavy atom. The molecule has 3 heterocycles. The van der Waals surface area contributed by atoms with Crippen LogP contribution in [0.1, 0.15) is 42.6 Å². The molecule has 1 saturated carbocycles. The van der Waals surface area contributed by atoms with Crippen LogP contribution in [0.2, 0.25) is 0 Å². The molecule has 0 radical (unpaired) electrons. The van der Waals surface area contributed by atoms with Crippen LogP contribution in [0.4, 0.5) is 15.9 Å². The fraction of sp³-hybridized carbons (Fsp3) is 0.478. The molecule has 1 aromatic carbocycles. The van der Waals surface area contributed by atoms with E-state index in [4.69, 9.17) is 4.74 Å². The van der Waals surface area contributed by atoms with Crippen LogP contribution in [-0.2, 0) is 7.05 Å². The molecule has 0 unspecified atom stereocenters. The lowest BCUT2D eigenvalue weighted by Gasteiger charge is -2.17. The number of ether oxygens (including phenoxy) is 1. The molecule has 168 valence electrons. The number of anilines is 2. The summed E-state index contributed by atoms with van der Waals surface area (Å²) >= 11 is 0. The summed E-state index contributed by atoms with van der Waals surface area (Å²) in [6.45, 7) is 1.96. The number of benzene rings is 1. The van der Waals surface area contributed by atoms with Crippen LogP contribution in [-0.4, -0.2) is 45.9 Å². The Hall–Kier alpha value is -3.23. The van der Waals surface area contributed by atoms with Crippen molar-refractivity contribution < 1.29 is 13.9 Å². The zero-order valence-corrected chi connectivity index (χ0v) is 18.3. The van der Waals surface area contributed by atoms with Gasteiger partial charge in [0.05, 0.1) is 25.2 Å². The molecule has 8 nitrogen and oxygen atoms in total. The Balaban J connectivity index is 1.27. The van der Waals surface area contributed by atoms with E-state index in [9.17, 15) is 9.18 Å². The molecule has 32 heavy (non-hydrogen) atoms. The maximum absolute atomic E-state index is 14.8. The highest BCUT2D eigenvalue weighted by Gasteiger charge is 2.27. The highest BCUT2D eigenvalue weighted by molar-refractivity contribution is 6.05. The summed E-state index contributed by atoms with van der Waals surface area (Å²) in [6, 6.07) is 1.63. The van der Waals surface area contributed by atoms with Gasteiger partial charge >= 0.3 is 0 Å². The summed E-state index contributed by atoms with van der Waals surface area (Å²) < 4.78 is 21.5. The molecule has 2 fully saturated rings. The van der Waals surface area contributed by atoms with Crippen molar-refractivity contribution in [3.05, 3.63) is 36.2 Å². The largest absolute Gasteiger partial charge is 0.491 e. The van der Waals surface area contributed by atoms with E-state index in [2.05, 4.69) is 25.3 Å². The van der Waals surface area contributed by atoms with Crippen molar-refractivity contribution in [2.75, 3.05) is 30.4 Å². The number of carbonyl (C=O) groups is 1. The molecule has 1 atom stereocenters. The lowest BCUT2D eigenvalue weighted by atomic mass is 10.0. The Morgan fingerprint density at radius 1 is 1.22 bits per heavy atom. The Morgan fingerprint density at radius 2 is 2.03 bits per heavy atom. The summed E-state index contributed by atoms with van der Waals surface area (Å²) in [4.78, 5) is 23.8. The van der Waals surface area contributed by atoms with Gasteiger partial charge in [0.1, 0.15) is 17.0 Å². The van der Waals surface area contributed by atoms with Gasteiger partial charge in [-0.1, -0.05) is 19.3 Å². The number of hydrogen-bond acceptors (Lipinski definition) is 6. The summed E-state index contributed by atoms with van der Waals surface area (Å²) in [5, 5.41) is 7.35. The quantitative estimate of drug-likeness (QED) is 0.604. The van der Waals surface area contributed by atoms with Gasteiger partial charge in [-0.25, -0.2) is 14.4 Å². The summed E-state index contributed by atoms with van der Waals surface area (Å²) in [5.74, 6) is 1.30. The molecular formula is C23H27FN6O2. The molecule has 0 spiro atoms. The SMILES string of the molecule is COc1c(NC(=O)c2cnc(N3CC[C@H](CCC4CC4)C3)cn2)cc2cn(C)nc2c1F. The zero-order chi connectivity index (χ0) is 22.2. The van der Waals surface area contributed by atoms with Gasteiger partial charge < -0.3 is 15.0 Å². The average Bonchev–Trinajstić information content (AvgIpc) is 3.36. The number of carbonyl (C=O) groups excluding carboxylic acids is 1. The third-order valence-electron chi connectivity index (χ3n) is 6.42. The summed E-state index contributed by atoms with van der Waals surface area (Å²) in [6.07, 6.45) is 11.4. The number of hydrogen-bond donors (Lipinski definition) is 1. The third-order valence-corrected chi connectivity index (χ3v) is 6.42. The van der Waals surface area contributed by atoms with Gasteiger partial charge in [-0.15, -0.1) is 0 Å². The zero-order valence-electron chi connectivity index (χ0n) is 18.3.